The smallest absolute Gasteiger partial charge is 0.103 e. The summed E-state index contributed by atoms with van der Waals surface area (Å²) in [5.41, 5.74) is 1.98. The van der Waals surface area contributed by atoms with Gasteiger partial charge in [-0.05, 0) is 30.2 Å². The van der Waals surface area contributed by atoms with Gasteiger partial charge in [0.2, 0.25) is 0 Å². The molecule has 0 saturated carbocycles. The number of nitrogens with zero attached hydrogens (tertiary/aromatic N) is 2. The minimum absolute atomic E-state index is 0.740. The zero-order valence-electron chi connectivity index (χ0n) is 10.4. The zero-order valence-corrected chi connectivity index (χ0v) is 11.3. The molecule has 0 aromatic heterocycles. The van der Waals surface area contributed by atoms with Crippen LogP contribution in [-0.4, -0.2) is 18.8 Å². The van der Waals surface area contributed by atoms with Crippen LogP contribution in [0.3, 0.4) is 0 Å². The first kappa shape index (κ1) is 12.3. The molecule has 0 radical (unpaired) electrons. The first-order valence-electron chi connectivity index (χ1n) is 6.17. The molecule has 1 fully saturated rings. The average molecular weight is 246 g/mol. The highest BCUT2D eigenvalue weighted by Gasteiger charge is 2.22. The third-order valence-electron chi connectivity index (χ3n) is 3.18. The quantitative estimate of drug-likeness (QED) is 0.764. The van der Waals surface area contributed by atoms with Gasteiger partial charge in [-0.1, -0.05) is 19.9 Å². The van der Waals surface area contributed by atoms with Gasteiger partial charge in [0.15, 0.2) is 0 Å². The summed E-state index contributed by atoms with van der Waals surface area (Å²) in [4.78, 5) is 3.47. The van der Waals surface area contributed by atoms with Crippen LogP contribution in [0.25, 0.3) is 0 Å². The van der Waals surface area contributed by atoms with E-state index in [2.05, 4.69) is 43.0 Å². The fourth-order valence-electron chi connectivity index (χ4n) is 2.33. The van der Waals surface area contributed by atoms with Crippen molar-refractivity contribution in [2.24, 2.45) is 5.92 Å². The standard InChI is InChI=1S/C14H18N2S/c1-3-17-14-6-4-5-13(12(14)9-15)16-8-7-11(2)10-16/h4-6,11H,3,7-8,10H2,1-2H3. The van der Waals surface area contributed by atoms with E-state index in [1.54, 1.807) is 11.8 Å². The molecule has 90 valence electrons. The summed E-state index contributed by atoms with van der Waals surface area (Å²) in [6.07, 6.45) is 1.23. The van der Waals surface area contributed by atoms with Crippen molar-refractivity contribution in [3.05, 3.63) is 23.8 Å². The number of benzene rings is 1. The van der Waals surface area contributed by atoms with E-state index in [9.17, 15) is 5.26 Å². The lowest BCUT2D eigenvalue weighted by Crippen LogP contribution is -2.20. The molecule has 2 rings (SSSR count). The molecule has 17 heavy (non-hydrogen) atoms. The minimum Gasteiger partial charge on any atom is -0.370 e. The van der Waals surface area contributed by atoms with Crippen molar-refractivity contribution < 1.29 is 0 Å². The molecule has 1 aliphatic heterocycles. The Bertz CT molecular complexity index is 436. The minimum atomic E-state index is 0.740. The van der Waals surface area contributed by atoms with Crippen LogP contribution >= 0.6 is 11.8 Å². The SMILES string of the molecule is CCSc1cccc(N2CCC(C)C2)c1C#N. The normalized spacial score (nSPS) is 19.4. The van der Waals surface area contributed by atoms with Gasteiger partial charge < -0.3 is 4.90 Å². The second-order valence-electron chi connectivity index (χ2n) is 4.53. The van der Waals surface area contributed by atoms with E-state index in [1.165, 1.54) is 6.42 Å². The van der Waals surface area contributed by atoms with Crippen molar-refractivity contribution in [2.75, 3.05) is 23.7 Å². The Balaban J connectivity index is 2.33. The lowest BCUT2D eigenvalue weighted by Gasteiger charge is -2.20. The van der Waals surface area contributed by atoms with Gasteiger partial charge in [-0.2, -0.15) is 5.26 Å². The van der Waals surface area contributed by atoms with Crippen LogP contribution in [-0.2, 0) is 0 Å². The molecular formula is C14H18N2S. The number of anilines is 1. The van der Waals surface area contributed by atoms with Crippen LogP contribution in [0.15, 0.2) is 23.1 Å². The van der Waals surface area contributed by atoms with Crippen molar-refractivity contribution >= 4 is 17.4 Å². The van der Waals surface area contributed by atoms with Gasteiger partial charge in [0, 0.05) is 18.0 Å². The van der Waals surface area contributed by atoms with Gasteiger partial charge in [0.1, 0.15) is 6.07 Å². The Morgan fingerprint density at radius 1 is 1.53 bits per heavy atom. The molecule has 0 spiro atoms. The number of hydrogen-bond donors (Lipinski definition) is 0. The van der Waals surface area contributed by atoms with Crippen LogP contribution < -0.4 is 4.90 Å². The summed E-state index contributed by atoms with van der Waals surface area (Å²) in [6, 6.07) is 8.58. The number of nitriles is 1. The maximum atomic E-state index is 9.36. The molecule has 1 aliphatic rings. The van der Waals surface area contributed by atoms with E-state index in [0.717, 1.165) is 40.9 Å². The highest BCUT2D eigenvalue weighted by atomic mass is 32.2. The van der Waals surface area contributed by atoms with Crippen molar-refractivity contribution in [3.63, 3.8) is 0 Å². The summed E-state index contributed by atoms with van der Waals surface area (Å²) in [5.74, 6) is 1.75. The molecule has 0 bridgehead atoms. The second-order valence-corrected chi connectivity index (χ2v) is 5.84. The van der Waals surface area contributed by atoms with Crippen molar-refractivity contribution in [3.8, 4) is 6.07 Å². The Kier molecular flexibility index (Phi) is 3.96. The van der Waals surface area contributed by atoms with E-state index >= 15 is 0 Å². The molecule has 2 nitrogen and oxygen atoms in total. The molecule has 1 aromatic rings. The van der Waals surface area contributed by atoms with Crippen molar-refractivity contribution in [1.29, 1.82) is 5.26 Å². The third-order valence-corrected chi connectivity index (χ3v) is 4.12. The summed E-state index contributed by atoms with van der Waals surface area (Å²) in [6.45, 7) is 6.55. The largest absolute Gasteiger partial charge is 0.370 e. The Morgan fingerprint density at radius 2 is 2.35 bits per heavy atom. The van der Waals surface area contributed by atoms with E-state index in [-0.39, 0.29) is 0 Å². The summed E-state index contributed by atoms with van der Waals surface area (Å²) < 4.78 is 0. The molecular weight excluding hydrogens is 228 g/mol. The van der Waals surface area contributed by atoms with Crippen LogP contribution in [0.1, 0.15) is 25.8 Å². The Morgan fingerprint density at radius 3 is 2.94 bits per heavy atom. The lowest BCUT2D eigenvalue weighted by atomic mass is 10.1. The highest BCUT2D eigenvalue weighted by Crippen LogP contribution is 2.32. The lowest BCUT2D eigenvalue weighted by molar-refractivity contribution is 0.659. The first-order valence-corrected chi connectivity index (χ1v) is 7.15. The van der Waals surface area contributed by atoms with Gasteiger partial charge in [-0.15, -0.1) is 11.8 Å². The number of thioether (sulfide) groups is 1. The fraction of sp³-hybridized carbons (Fsp3) is 0.500. The molecule has 1 unspecified atom stereocenters. The average Bonchev–Trinajstić information content (AvgIpc) is 2.76. The highest BCUT2D eigenvalue weighted by molar-refractivity contribution is 7.99. The third kappa shape index (κ3) is 2.58. The fourth-order valence-corrected chi connectivity index (χ4v) is 3.11. The number of rotatable bonds is 3. The van der Waals surface area contributed by atoms with E-state index in [1.807, 2.05) is 0 Å². The van der Waals surface area contributed by atoms with Gasteiger partial charge in [0.25, 0.3) is 0 Å². The van der Waals surface area contributed by atoms with E-state index in [0.29, 0.717) is 0 Å². The molecule has 0 aliphatic carbocycles. The van der Waals surface area contributed by atoms with Gasteiger partial charge >= 0.3 is 0 Å². The Hall–Kier alpha value is -1.14. The monoisotopic (exact) mass is 246 g/mol. The van der Waals surface area contributed by atoms with Crippen LogP contribution in [0.5, 0.6) is 0 Å². The molecule has 0 N–H and O–H groups in total. The zero-order chi connectivity index (χ0) is 12.3. The molecule has 1 heterocycles. The predicted molar refractivity (Wildman–Crippen MR) is 73.5 cm³/mol. The molecule has 1 aromatic carbocycles. The molecule has 0 amide bonds. The summed E-state index contributed by atoms with van der Waals surface area (Å²) in [5, 5.41) is 9.36. The molecule has 1 saturated heterocycles. The molecule has 3 heteroatoms. The van der Waals surface area contributed by atoms with Crippen LogP contribution in [0, 0.1) is 17.2 Å². The topological polar surface area (TPSA) is 27.0 Å². The predicted octanol–water partition coefficient (Wildman–Crippen LogP) is 3.52. The van der Waals surface area contributed by atoms with Gasteiger partial charge in [-0.3, -0.25) is 0 Å². The maximum absolute atomic E-state index is 9.36. The van der Waals surface area contributed by atoms with Crippen molar-refractivity contribution in [2.45, 2.75) is 25.2 Å². The van der Waals surface area contributed by atoms with E-state index < -0.39 is 0 Å². The summed E-state index contributed by atoms with van der Waals surface area (Å²) >= 11 is 1.75. The van der Waals surface area contributed by atoms with Gasteiger partial charge in [-0.25, -0.2) is 0 Å². The summed E-state index contributed by atoms with van der Waals surface area (Å²) in [7, 11) is 0. The van der Waals surface area contributed by atoms with Crippen molar-refractivity contribution in [1.82, 2.24) is 0 Å². The Labute approximate surface area is 108 Å². The second kappa shape index (κ2) is 5.46. The van der Waals surface area contributed by atoms with E-state index in [4.69, 9.17) is 0 Å². The first-order chi connectivity index (χ1) is 8.26. The molecule has 1 atom stereocenters. The van der Waals surface area contributed by atoms with Gasteiger partial charge in [0.05, 0.1) is 11.3 Å². The number of hydrogen-bond acceptors (Lipinski definition) is 3. The van der Waals surface area contributed by atoms with Crippen LogP contribution in [0.2, 0.25) is 0 Å². The maximum Gasteiger partial charge on any atom is 0.103 e. The van der Waals surface area contributed by atoms with Crippen LogP contribution in [0.4, 0.5) is 5.69 Å².